The van der Waals surface area contributed by atoms with Crippen molar-refractivity contribution < 1.29 is 31.1 Å². The summed E-state index contributed by atoms with van der Waals surface area (Å²) in [5.74, 6) is -2.31. The first-order chi connectivity index (χ1) is 9.55. The minimum Gasteiger partial charge on any atom is -0.469 e. The molecule has 1 atom stereocenters. The largest absolute Gasteiger partial charge is 0.469 e. The third-order valence-corrected chi connectivity index (χ3v) is 4.56. The summed E-state index contributed by atoms with van der Waals surface area (Å²) in [6, 6.07) is 3.88. The van der Waals surface area contributed by atoms with Gasteiger partial charge in [-0.05, 0) is 17.7 Å². The highest BCUT2D eigenvalue weighted by atomic mass is 32.2. The van der Waals surface area contributed by atoms with Crippen LogP contribution >= 0.6 is 0 Å². The third kappa shape index (κ3) is 5.37. The predicted molar refractivity (Wildman–Crippen MR) is 70.1 cm³/mol. The Morgan fingerprint density at radius 3 is 2.19 bits per heavy atom. The lowest BCUT2D eigenvalue weighted by Crippen LogP contribution is -2.23. The van der Waals surface area contributed by atoms with Gasteiger partial charge in [-0.25, -0.2) is 8.42 Å². The van der Waals surface area contributed by atoms with Crippen molar-refractivity contribution in [3.63, 3.8) is 0 Å². The maximum atomic E-state index is 12.4. The first kappa shape index (κ1) is 17.5. The minimum absolute atomic E-state index is 0.236. The van der Waals surface area contributed by atoms with E-state index in [9.17, 15) is 26.4 Å². The van der Waals surface area contributed by atoms with Crippen LogP contribution in [0.4, 0.5) is 13.2 Å². The number of sulfone groups is 1. The number of benzene rings is 1. The molecule has 0 radical (unpaired) electrons. The van der Waals surface area contributed by atoms with Gasteiger partial charge in [-0.1, -0.05) is 19.1 Å². The van der Waals surface area contributed by atoms with Crippen molar-refractivity contribution in [1.29, 1.82) is 0 Å². The van der Waals surface area contributed by atoms with Gasteiger partial charge in [0.25, 0.3) is 0 Å². The van der Waals surface area contributed by atoms with Gasteiger partial charge in [0.2, 0.25) is 0 Å². The Bertz CT molecular complexity index is 591. The Morgan fingerprint density at radius 1 is 1.24 bits per heavy atom. The number of esters is 1. The van der Waals surface area contributed by atoms with Gasteiger partial charge < -0.3 is 4.74 Å². The quantitative estimate of drug-likeness (QED) is 0.781. The van der Waals surface area contributed by atoms with Crippen LogP contribution in [-0.2, 0) is 31.3 Å². The number of alkyl halides is 3. The van der Waals surface area contributed by atoms with Gasteiger partial charge in [0.05, 0.1) is 30.1 Å². The molecule has 0 aromatic heterocycles. The molecule has 4 nitrogen and oxygen atoms in total. The molecular weight excluding hydrogens is 309 g/mol. The number of rotatable bonds is 5. The van der Waals surface area contributed by atoms with Gasteiger partial charge >= 0.3 is 12.1 Å². The molecule has 0 aliphatic carbocycles. The molecule has 0 N–H and O–H groups in total. The molecule has 0 saturated heterocycles. The van der Waals surface area contributed by atoms with Crippen molar-refractivity contribution in [3.05, 3.63) is 35.4 Å². The van der Waals surface area contributed by atoms with Gasteiger partial charge in [0, 0.05) is 0 Å². The van der Waals surface area contributed by atoms with Crippen LogP contribution in [0.3, 0.4) is 0 Å². The van der Waals surface area contributed by atoms with Gasteiger partial charge in [-0.3, -0.25) is 4.79 Å². The second-order valence-corrected chi connectivity index (χ2v) is 6.78. The molecule has 0 saturated carbocycles. The smallest absolute Gasteiger partial charge is 0.416 e. The summed E-state index contributed by atoms with van der Waals surface area (Å²) < 4.78 is 65.4. The molecule has 0 spiro atoms. The van der Waals surface area contributed by atoms with Crippen LogP contribution in [0.25, 0.3) is 0 Å². The lowest BCUT2D eigenvalue weighted by molar-refractivity contribution is -0.144. The molecule has 0 heterocycles. The number of hydrogen-bond acceptors (Lipinski definition) is 4. The highest BCUT2D eigenvalue weighted by Crippen LogP contribution is 2.29. The number of ether oxygens (including phenoxy) is 1. The van der Waals surface area contributed by atoms with Crippen LogP contribution in [0.15, 0.2) is 24.3 Å². The molecule has 0 aliphatic rings. The van der Waals surface area contributed by atoms with Crippen molar-refractivity contribution in [2.24, 2.45) is 5.92 Å². The zero-order chi connectivity index (χ0) is 16.3. The van der Waals surface area contributed by atoms with Gasteiger partial charge in [0.15, 0.2) is 9.84 Å². The summed E-state index contributed by atoms with van der Waals surface area (Å²) in [6.45, 7) is 1.41. The number of halogens is 3. The number of hydrogen-bond donors (Lipinski definition) is 0. The predicted octanol–water partition coefficient (Wildman–Crippen LogP) is 2.43. The van der Waals surface area contributed by atoms with E-state index in [1.807, 2.05) is 0 Å². The van der Waals surface area contributed by atoms with Crippen molar-refractivity contribution in [3.8, 4) is 0 Å². The summed E-state index contributed by atoms with van der Waals surface area (Å²) in [5.41, 5.74) is -0.605. The zero-order valence-corrected chi connectivity index (χ0v) is 12.3. The van der Waals surface area contributed by atoms with E-state index in [4.69, 9.17) is 0 Å². The van der Waals surface area contributed by atoms with Gasteiger partial charge in [-0.2, -0.15) is 13.2 Å². The normalized spacial score (nSPS) is 13.8. The molecular formula is C13H15F3O4S. The van der Waals surface area contributed by atoms with E-state index in [2.05, 4.69) is 4.74 Å². The monoisotopic (exact) mass is 324 g/mol. The molecule has 0 fully saturated rings. The Balaban J connectivity index is 2.78. The third-order valence-electron chi connectivity index (χ3n) is 2.78. The first-order valence-electron chi connectivity index (χ1n) is 5.99. The number of methoxy groups -OCH3 is 1. The fraction of sp³-hybridized carbons (Fsp3) is 0.462. The molecule has 21 heavy (non-hydrogen) atoms. The van der Waals surface area contributed by atoms with Crippen molar-refractivity contribution >= 4 is 15.8 Å². The summed E-state index contributed by atoms with van der Waals surface area (Å²) in [5, 5.41) is 0. The molecule has 1 aromatic rings. The summed E-state index contributed by atoms with van der Waals surface area (Å²) in [6.07, 6.45) is -4.46. The molecule has 118 valence electrons. The summed E-state index contributed by atoms with van der Waals surface area (Å²) >= 11 is 0. The highest BCUT2D eigenvalue weighted by molar-refractivity contribution is 7.90. The summed E-state index contributed by atoms with van der Waals surface area (Å²) in [7, 11) is -2.47. The molecule has 0 aliphatic heterocycles. The van der Waals surface area contributed by atoms with E-state index in [1.165, 1.54) is 6.92 Å². The van der Waals surface area contributed by atoms with Crippen LogP contribution in [-0.4, -0.2) is 27.2 Å². The Labute approximate surface area is 120 Å². The van der Waals surface area contributed by atoms with Crippen molar-refractivity contribution in [2.75, 3.05) is 12.9 Å². The topological polar surface area (TPSA) is 60.4 Å². The lowest BCUT2D eigenvalue weighted by Gasteiger charge is -2.11. The van der Waals surface area contributed by atoms with E-state index in [-0.39, 0.29) is 5.56 Å². The maximum Gasteiger partial charge on any atom is 0.416 e. The van der Waals surface area contributed by atoms with E-state index in [0.717, 1.165) is 31.4 Å². The highest BCUT2D eigenvalue weighted by Gasteiger charge is 2.30. The van der Waals surface area contributed by atoms with Crippen molar-refractivity contribution in [2.45, 2.75) is 18.9 Å². The van der Waals surface area contributed by atoms with E-state index in [1.54, 1.807) is 0 Å². The Kier molecular flexibility index (Phi) is 5.38. The molecule has 0 amide bonds. The SMILES string of the molecule is COC(=O)C(C)CS(=O)(=O)Cc1ccc(C(F)(F)F)cc1. The Hall–Kier alpha value is -1.57. The fourth-order valence-electron chi connectivity index (χ4n) is 1.75. The second-order valence-electron chi connectivity index (χ2n) is 4.67. The molecule has 1 unspecified atom stereocenters. The van der Waals surface area contributed by atoms with Gasteiger partial charge in [0.1, 0.15) is 0 Å². The van der Waals surface area contributed by atoms with Crippen LogP contribution in [0.2, 0.25) is 0 Å². The van der Waals surface area contributed by atoms with Crippen LogP contribution in [0.1, 0.15) is 18.1 Å². The van der Waals surface area contributed by atoms with Crippen LogP contribution in [0.5, 0.6) is 0 Å². The average Bonchev–Trinajstić information content (AvgIpc) is 2.36. The average molecular weight is 324 g/mol. The van der Waals surface area contributed by atoms with E-state index < -0.39 is 45.0 Å². The van der Waals surface area contributed by atoms with E-state index in [0.29, 0.717) is 0 Å². The first-order valence-corrected chi connectivity index (χ1v) is 7.81. The van der Waals surface area contributed by atoms with Crippen LogP contribution in [0, 0.1) is 5.92 Å². The molecule has 0 bridgehead atoms. The minimum atomic E-state index is -4.46. The summed E-state index contributed by atoms with van der Waals surface area (Å²) in [4.78, 5) is 11.2. The van der Waals surface area contributed by atoms with Crippen molar-refractivity contribution in [1.82, 2.24) is 0 Å². The maximum absolute atomic E-state index is 12.4. The molecule has 1 rings (SSSR count). The molecule has 8 heteroatoms. The standard InChI is InChI=1S/C13H15F3O4S/c1-9(12(17)20-2)7-21(18,19)8-10-3-5-11(6-4-10)13(14,15)16/h3-6,9H,7-8H2,1-2H3. The lowest BCUT2D eigenvalue weighted by atomic mass is 10.1. The molecule has 1 aromatic carbocycles. The number of carbonyl (C=O) groups is 1. The van der Waals surface area contributed by atoms with Gasteiger partial charge in [-0.15, -0.1) is 0 Å². The number of carbonyl (C=O) groups excluding carboxylic acids is 1. The fourth-order valence-corrected chi connectivity index (χ4v) is 3.47. The Morgan fingerprint density at radius 2 is 1.76 bits per heavy atom. The van der Waals surface area contributed by atoms with Crippen LogP contribution < -0.4 is 0 Å². The van der Waals surface area contributed by atoms with E-state index >= 15 is 0 Å². The zero-order valence-electron chi connectivity index (χ0n) is 11.5. The second kappa shape index (κ2) is 6.46.